The molecule has 0 saturated carbocycles. The lowest BCUT2D eigenvalue weighted by molar-refractivity contribution is -0.314. The smallest absolute Gasteiger partial charge is 0.147 e. The Labute approximate surface area is 46.0 Å². The van der Waals surface area contributed by atoms with Gasteiger partial charge < -0.3 is 19.4 Å². The Morgan fingerprint density at radius 3 is 2.75 bits per heavy atom. The molecule has 0 aromatic carbocycles. The summed E-state index contributed by atoms with van der Waals surface area (Å²) in [7, 11) is 0. The average Bonchev–Trinajstić information content (AvgIpc) is 2.12. The first kappa shape index (κ1) is 5.53. The second-order valence-electron chi connectivity index (χ2n) is 1.46. The van der Waals surface area contributed by atoms with Gasteiger partial charge in [-0.3, -0.25) is 0 Å². The molecule has 0 aromatic heterocycles. The number of carboxylic acid groups (broad SMARTS) is 1. The molecular weight excluding hydrogens is 112 g/mol. The van der Waals surface area contributed by atoms with Gasteiger partial charge >= 0.3 is 0 Å². The standard InChI is InChI=1S/C4H6O4/c5-4(6)3-1-7-2-8-3/h3H,1-2H2,(H,5,6)/p-1. The van der Waals surface area contributed by atoms with Crippen molar-refractivity contribution in [2.24, 2.45) is 0 Å². The van der Waals surface area contributed by atoms with E-state index in [1.165, 1.54) is 0 Å². The molecule has 1 atom stereocenters. The van der Waals surface area contributed by atoms with E-state index >= 15 is 0 Å². The number of ether oxygens (including phenoxy) is 2. The minimum atomic E-state index is -1.21. The van der Waals surface area contributed by atoms with Gasteiger partial charge in [-0.25, -0.2) is 0 Å². The molecule has 1 aliphatic heterocycles. The van der Waals surface area contributed by atoms with Crippen LogP contribution in [0.2, 0.25) is 0 Å². The van der Waals surface area contributed by atoms with Crippen LogP contribution in [0.3, 0.4) is 0 Å². The summed E-state index contributed by atoms with van der Waals surface area (Å²) in [5.74, 6) is -1.21. The second-order valence-corrected chi connectivity index (χ2v) is 1.46. The van der Waals surface area contributed by atoms with E-state index < -0.39 is 12.1 Å². The molecule has 1 aliphatic rings. The lowest BCUT2D eigenvalue weighted by atomic mass is 10.4. The summed E-state index contributed by atoms with van der Waals surface area (Å²) in [6.07, 6.45) is -0.852. The minimum Gasteiger partial charge on any atom is -0.547 e. The Kier molecular flexibility index (Phi) is 1.45. The summed E-state index contributed by atoms with van der Waals surface area (Å²) < 4.78 is 9.11. The van der Waals surface area contributed by atoms with E-state index in [0.29, 0.717) is 0 Å². The predicted molar refractivity (Wildman–Crippen MR) is 20.7 cm³/mol. The van der Waals surface area contributed by atoms with Crippen molar-refractivity contribution in [3.63, 3.8) is 0 Å². The van der Waals surface area contributed by atoms with Crippen molar-refractivity contribution in [1.82, 2.24) is 0 Å². The van der Waals surface area contributed by atoms with Crippen molar-refractivity contribution in [3.8, 4) is 0 Å². The van der Waals surface area contributed by atoms with Crippen LogP contribution in [0.15, 0.2) is 0 Å². The highest BCUT2D eigenvalue weighted by Gasteiger charge is 2.15. The molecule has 1 heterocycles. The highest BCUT2D eigenvalue weighted by molar-refractivity contribution is 5.70. The zero-order valence-corrected chi connectivity index (χ0v) is 4.12. The number of carbonyl (C=O) groups excluding carboxylic acids is 1. The largest absolute Gasteiger partial charge is 0.547 e. The van der Waals surface area contributed by atoms with E-state index in [2.05, 4.69) is 9.47 Å². The monoisotopic (exact) mass is 117 g/mol. The van der Waals surface area contributed by atoms with Gasteiger partial charge in [0.1, 0.15) is 12.9 Å². The van der Waals surface area contributed by atoms with Crippen LogP contribution >= 0.6 is 0 Å². The maximum absolute atomic E-state index is 9.89. The Morgan fingerprint density at radius 1 is 1.75 bits per heavy atom. The van der Waals surface area contributed by atoms with Gasteiger partial charge in [0.25, 0.3) is 0 Å². The van der Waals surface area contributed by atoms with Crippen LogP contribution in [0.4, 0.5) is 0 Å². The summed E-state index contributed by atoms with van der Waals surface area (Å²) in [6, 6.07) is 0. The first-order valence-corrected chi connectivity index (χ1v) is 2.21. The summed E-state index contributed by atoms with van der Waals surface area (Å²) in [6.45, 7) is 0.182. The van der Waals surface area contributed by atoms with Gasteiger partial charge in [-0.1, -0.05) is 0 Å². The zero-order chi connectivity index (χ0) is 5.98. The van der Waals surface area contributed by atoms with Crippen LogP contribution in [0.5, 0.6) is 0 Å². The van der Waals surface area contributed by atoms with Crippen molar-refractivity contribution >= 4 is 5.97 Å². The molecule has 46 valence electrons. The third kappa shape index (κ3) is 0.962. The third-order valence-electron chi connectivity index (χ3n) is 0.885. The maximum Gasteiger partial charge on any atom is 0.147 e. The van der Waals surface area contributed by atoms with Crippen molar-refractivity contribution in [1.29, 1.82) is 0 Å². The van der Waals surface area contributed by atoms with E-state index in [9.17, 15) is 9.90 Å². The summed E-state index contributed by atoms with van der Waals surface area (Å²) >= 11 is 0. The van der Waals surface area contributed by atoms with Gasteiger partial charge in [0, 0.05) is 0 Å². The van der Waals surface area contributed by atoms with Crippen LogP contribution in [0.25, 0.3) is 0 Å². The molecule has 0 spiro atoms. The molecular formula is C4H5O4-. The highest BCUT2D eigenvalue weighted by atomic mass is 16.7. The maximum atomic E-state index is 9.89. The van der Waals surface area contributed by atoms with Gasteiger partial charge in [-0.05, 0) is 0 Å². The Hall–Kier alpha value is -0.610. The van der Waals surface area contributed by atoms with Crippen LogP contribution in [-0.2, 0) is 14.3 Å². The van der Waals surface area contributed by atoms with E-state index in [4.69, 9.17) is 0 Å². The Bertz CT molecular complexity index is 94.2. The van der Waals surface area contributed by atoms with Crippen molar-refractivity contribution in [3.05, 3.63) is 0 Å². The fourth-order valence-electron chi connectivity index (χ4n) is 0.470. The van der Waals surface area contributed by atoms with E-state index in [1.54, 1.807) is 0 Å². The minimum absolute atomic E-state index is 0.0681. The molecule has 4 nitrogen and oxygen atoms in total. The van der Waals surface area contributed by atoms with Crippen LogP contribution < -0.4 is 5.11 Å². The fraction of sp³-hybridized carbons (Fsp3) is 0.750. The molecule has 0 aliphatic carbocycles. The van der Waals surface area contributed by atoms with E-state index in [-0.39, 0.29) is 13.4 Å². The quantitative estimate of drug-likeness (QED) is 0.403. The number of carbonyl (C=O) groups is 1. The number of carboxylic acids is 1. The number of hydrogen-bond acceptors (Lipinski definition) is 4. The number of hydrogen-bond donors (Lipinski definition) is 0. The topological polar surface area (TPSA) is 58.6 Å². The molecule has 1 fully saturated rings. The van der Waals surface area contributed by atoms with Crippen LogP contribution in [0, 0.1) is 0 Å². The molecule has 1 rings (SSSR count). The SMILES string of the molecule is O=C([O-])C1COCO1. The Morgan fingerprint density at radius 2 is 2.50 bits per heavy atom. The van der Waals surface area contributed by atoms with Gasteiger partial charge in [-0.15, -0.1) is 0 Å². The molecule has 0 amide bonds. The molecule has 0 radical (unpaired) electrons. The molecule has 8 heavy (non-hydrogen) atoms. The zero-order valence-electron chi connectivity index (χ0n) is 4.12. The number of rotatable bonds is 1. The highest BCUT2D eigenvalue weighted by Crippen LogP contribution is 1.99. The molecule has 1 saturated heterocycles. The first-order valence-electron chi connectivity index (χ1n) is 2.21. The molecule has 0 N–H and O–H groups in total. The summed E-state index contributed by atoms with van der Waals surface area (Å²) in [4.78, 5) is 9.89. The lowest BCUT2D eigenvalue weighted by Crippen LogP contribution is -2.36. The Balaban J connectivity index is 2.35. The van der Waals surface area contributed by atoms with E-state index in [1.807, 2.05) is 0 Å². The normalized spacial score (nSPS) is 28.2. The number of aliphatic carboxylic acids is 1. The van der Waals surface area contributed by atoms with Crippen LogP contribution in [0.1, 0.15) is 0 Å². The van der Waals surface area contributed by atoms with Gasteiger partial charge in [0.2, 0.25) is 0 Å². The first-order chi connectivity index (χ1) is 3.80. The van der Waals surface area contributed by atoms with Crippen molar-refractivity contribution in [2.45, 2.75) is 6.10 Å². The van der Waals surface area contributed by atoms with Gasteiger partial charge in [0.05, 0.1) is 12.6 Å². The van der Waals surface area contributed by atoms with Crippen LogP contribution in [-0.4, -0.2) is 25.5 Å². The lowest BCUT2D eigenvalue weighted by Gasteiger charge is -2.05. The predicted octanol–water partition coefficient (Wildman–Crippen LogP) is -1.89. The summed E-state index contributed by atoms with van der Waals surface area (Å²) in [5.41, 5.74) is 0. The van der Waals surface area contributed by atoms with Gasteiger partial charge in [-0.2, -0.15) is 0 Å². The van der Waals surface area contributed by atoms with Crippen molar-refractivity contribution < 1.29 is 19.4 Å². The van der Waals surface area contributed by atoms with Crippen molar-refractivity contribution in [2.75, 3.05) is 13.4 Å². The molecule has 1 unspecified atom stereocenters. The summed E-state index contributed by atoms with van der Waals surface area (Å²) in [5, 5.41) is 9.89. The molecule has 4 heteroatoms. The fourth-order valence-corrected chi connectivity index (χ4v) is 0.470. The van der Waals surface area contributed by atoms with Gasteiger partial charge in [0.15, 0.2) is 0 Å². The van der Waals surface area contributed by atoms with E-state index in [0.717, 1.165) is 0 Å². The molecule has 0 bridgehead atoms. The molecule has 0 aromatic rings. The average molecular weight is 117 g/mol. The second kappa shape index (κ2) is 2.11. The third-order valence-corrected chi connectivity index (χ3v) is 0.885.